The molecule has 72 valence electrons. The number of rotatable bonds is 4. The van der Waals surface area contributed by atoms with Gasteiger partial charge < -0.3 is 15.7 Å². The highest BCUT2D eigenvalue weighted by molar-refractivity contribution is 5.78. The summed E-state index contributed by atoms with van der Waals surface area (Å²) in [6.07, 6.45) is 1.22. The molecule has 0 aromatic heterocycles. The third-order valence-corrected chi connectivity index (χ3v) is 2.03. The Morgan fingerprint density at radius 1 is 1.62 bits per heavy atom. The van der Waals surface area contributed by atoms with Crippen LogP contribution in [-0.4, -0.2) is 36.2 Å². The third kappa shape index (κ3) is 3.40. The minimum atomic E-state index is -0.209. The molecule has 5 nitrogen and oxygen atoms in total. The van der Waals surface area contributed by atoms with Crippen LogP contribution in [0, 0.1) is 11.3 Å². The van der Waals surface area contributed by atoms with Crippen LogP contribution in [0.25, 0.3) is 0 Å². The molecule has 1 rings (SSSR count). The predicted molar refractivity (Wildman–Crippen MR) is 45.7 cm³/mol. The fraction of sp³-hybridized carbons (Fsp3) is 0.750. The lowest BCUT2D eigenvalue weighted by Gasteiger charge is -2.31. The Bertz CT molecular complexity index is 218. The minimum Gasteiger partial charge on any atom is -0.393 e. The quantitative estimate of drug-likeness (QED) is 0.475. The molecule has 0 aromatic rings. The van der Waals surface area contributed by atoms with Gasteiger partial charge in [-0.2, -0.15) is 5.26 Å². The third-order valence-electron chi connectivity index (χ3n) is 2.03. The van der Waals surface area contributed by atoms with E-state index in [1.165, 1.54) is 0 Å². The molecule has 1 saturated carbocycles. The van der Waals surface area contributed by atoms with Crippen LogP contribution in [0.15, 0.2) is 0 Å². The van der Waals surface area contributed by atoms with Gasteiger partial charge in [0.05, 0.1) is 18.7 Å². The maximum Gasteiger partial charge on any atom is 0.234 e. The molecule has 0 bridgehead atoms. The first-order valence-corrected chi connectivity index (χ1v) is 4.27. The first-order valence-electron chi connectivity index (χ1n) is 4.27. The molecular formula is C8H13N3O2. The molecule has 0 atom stereocenters. The van der Waals surface area contributed by atoms with E-state index in [-0.39, 0.29) is 31.1 Å². The van der Waals surface area contributed by atoms with Gasteiger partial charge in [0.25, 0.3) is 0 Å². The topological polar surface area (TPSA) is 85.2 Å². The maximum atomic E-state index is 10.9. The molecule has 0 aromatic carbocycles. The second-order valence-corrected chi connectivity index (χ2v) is 3.14. The van der Waals surface area contributed by atoms with Crippen molar-refractivity contribution in [2.45, 2.75) is 25.0 Å². The van der Waals surface area contributed by atoms with Crippen molar-refractivity contribution >= 4 is 5.91 Å². The summed E-state index contributed by atoms with van der Waals surface area (Å²) < 4.78 is 0. The van der Waals surface area contributed by atoms with Crippen LogP contribution < -0.4 is 10.6 Å². The average molecular weight is 183 g/mol. The molecule has 13 heavy (non-hydrogen) atoms. The first kappa shape index (κ1) is 9.96. The average Bonchev–Trinajstić information content (AvgIpc) is 2.07. The number of hydrogen-bond acceptors (Lipinski definition) is 4. The fourth-order valence-electron chi connectivity index (χ4n) is 1.19. The Labute approximate surface area is 76.7 Å². The Kier molecular flexibility index (Phi) is 3.68. The van der Waals surface area contributed by atoms with Gasteiger partial charge in [-0.25, -0.2) is 0 Å². The summed E-state index contributed by atoms with van der Waals surface area (Å²) in [7, 11) is 0. The summed E-state index contributed by atoms with van der Waals surface area (Å²) in [5.41, 5.74) is 0. The second kappa shape index (κ2) is 4.80. The summed E-state index contributed by atoms with van der Waals surface area (Å²) in [5, 5.41) is 22.5. The molecule has 1 aliphatic carbocycles. The van der Waals surface area contributed by atoms with Crippen LogP contribution >= 0.6 is 0 Å². The van der Waals surface area contributed by atoms with Crippen LogP contribution in [0.1, 0.15) is 12.8 Å². The van der Waals surface area contributed by atoms with E-state index in [0.29, 0.717) is 12.8 Å². The summed E-state index contributed by atoms with van der Waals surface area (Å²) >= 11 is 0. The van der Waals surface area contributed by atoms with Crippen molar-refractivity contribution in [3.05, 3.63) is 0 Å². The molecule has 0 radical (unpaired) electrons. The van der Waals surface area contributed by atoms with Crippen LogP contribution in [0.2, 0.25) is 0 Å². The normalized spacial score (nSPS) is 25.8. The molecule has 5 heteroatoms. The molecule has 0 spiro atoms. The standard InChI is InChI=1S/C8H13N3O2/c9-1-2-10-8(13)5-11-6-3-7(12)4-6/h6-7,11-12H,2-5H2,(H,10,13). The van der Waals surface area contributed by atoms with Gasteiger partial charge in [-0.3, -0.25) is 4.79 Å². The number of aliphatic hydroxyl groups is 1. The Morgan fingerprint density at radius 3 is 2.85 bits per heavy atom. The number of nitrogens with one attached hydrogen (secondary N) is 2. The minimum absolute atomic E-state index is 0.0494. The van der Waals surface area contributed by atoms with Gasteiger partial charge in [0.1, 0.15) is 6.54 Å². The van der Waals surface area contributed by atoms with E-state index in [9.17, 15) is 4.79 Å². The highest BCUT2D eigenvalue weighted by atomic mass is 16.3. The van der Waals surface area contributed by atoms with Gasteiger partial charge in [-0.05, 0) is 12.8 Å². The van der Waals surface area contributed by atoms with Crippen molar-refractivity contribution in [3.8, 4) is 6.07 Å². The van der Waals surface area contributed by atoms with Crippen LogP contribution in [0.5, 0.6) is 0 Å². The Balaban J connectivity index is 2.00. The number of nitriles is 1. The maximum absolute atomic E-state index is 10.9. The van der Waals surface area contributed by atoms with Gasteiger partial charge in [0.15, 0.2) is 0 Å². The van der Waals surface area contributed by atoms with Crippen molar-refractivity contribution in [1.82, 2.24) is 10.6 Å². The van der Waals surface area contributed by atoms with Gasteiger partial charge in [-0.1, -0.05) is 0 Å². The smallest absolute Gasteiger partial charge is 0.234 e. The molecule has 0 saturated heterocycles. The molecule has 1 fully saturated rings. The van der Waals surface area contributed by atoms with Gasteiger partial charge in [0, 0.05) is 6.04 Å². The van der Waals surface area contributed by atoms with Gasteiger partial charge in [0.2, 0.25) is 5.91 Å². The van der Waals surface area contributed by atoms with E-state index in [0.717, 1.165) is 0 Å². The zero-order valence-corrected chi connectivity index (χ0v) is 7.29. The predicted octanol–water partition coefficient (Wildman–Crippen LogP) is -1.26. The van der Waals surface area contributed by atoms with Crippen LogP contribution in [-0.2, 0) is 4.79 Å². The summed E-state index contributed by atoms with van der Waals surface area (Å²) in [5.74, 6) is -0.178. The Hall–Kier alpha value is -1.12. The Morgan fingerprint density at radius 2 is 2.31 bits per heavy atom. The summed E-state index contributed by atoms with van der Waals surface area (Å²) in [6, 6.07) is 2.07. The monoisotopic (exact) mass is 183 g/mol. The molecule has 0 heterocycles. The highest BCUT2D eigenvalue weighted by Gasteiger charge is 2.26. The highest BCUT2D eigenvalue weighted by Crippen LogP contribution is 2.18. The molecule has 0 aliphatic heterocycles. The summed E-state index contributed by atoms with van der Waals surface area (Å²) in [6.45, 7) is 0.271. The number of aliphatic hydroxyl groups excluding tert-OH is 1. The van der Waals surface area contributed by atoms with Crippen molar-refractivity contribution in [1.29, 1.82) is 5.26 Å². The first-order chi connectivity index (χ1) is 6.22. The molecule has 1 amide bonds. The number of hydrogen-bond donors (Lipinski definition) is 3. The van der Waals surface area contributed by atoms with Crippen molar-refractivity contribution in [3.63, 3.8) is 0 Å². The largest absolute Gasteiger partial charge is 0.393 e. The van der Waals surface area contributed by atoms with E-state index >= 15 is 0 Å². The van der Waals surface area contributed by atoms with E-state index < -0.39 is 0 Å². The molecule has 0 unspecified atom stereocenters. The summed E-state index contributed by atoms with van der Waals surface area (Å²) in [4.78, 5) is 10.9. The molecular weight excluding hydrogens is 170 g/mol. The SMILES string of the molecule is N#CCNC(=O)CNC1CC(O)C1. The van der Waals surface area contributed by atoms with Crippen molar-refractivity contribution < 1.29 is 9.90 Å². The fourth-order valence-corrected chi connectivity index (χ4v) is 1.19. The lowest BCUT2D eigenvalue weighted by molar-refractivity contribution is -0.120. The second-order valence-electron chi connectivity index (χ2n) is 3.14. The van der Waals surface area contributed by atoms with E-state index in [2.05, 4.69) is 10.6 Å². The van der Waals surface area contributed by atoms with E-state index in [1.807, 2.05) is 6.07 Å². The zero-order chi connectivity index (χ0) is 9.68. The van der Waals surface area contributed by atoms with Gasteiger partial charge >= 0.3 is 0 Å². The molecule has 3 N–H and O–H groups in total. The van der Waals surface area contributed by atoms with E-state index in [1.54, 1.807) is 0 Å². The van der Waals surface area contributed by atoms with Crippen LogP contribution in [0.3, 0.4) is 0 Å². The van der Waals surface area contributed by atoms with Gasteiger partial charge in [-0.15, -0.1) is 0 Å². The number of amides is 1. The lowest BCUT2D eigenvalue weighted by Crippen LogP contribution is -2.47. The lowest BCUT2D eigenvalue weighted by atomic mass is 9.89. The van der Waals surface area contributed by atoms with E-state index in [4.69, 9.17) is 10.4 Å². The van der Waals surface area contributed by atoms with Crippen LogP contribution in [0.4, 0.5) is 0 Å². The zero-order valence-electron chi connectivity index (χ0n) is 7.29. The number of nitrogens with zero attached hydrogens (tertiary/aromatic N) is 1. The van der Waals surface area contributed by atoms with Crippen molar-refractivity contribution in [2.75, 3.05) is 13.1 Å². The number of carbonyl (C=O) groups is 1. The van der Waals surface area contributed by atoms with Crippen molar-refractivity contribution in [2.24, 2.45) is 0 Å². The molecule has 1 aliphatic rings. The number of carbonyl (C=O) groups excluding carboxylic acids is 1.